The van der Waals surface area contributed by atoms with Crippen LogP contribution in [0.5, 0.6) is 0 Å². The second kappa shape index (κ2) is 14.2. The van der Waals surface area contributed by atoms with E-state index >= 15 is 0 Å². The highest BCUT2D eigenvalue weighted by molar-refractivity contribution is 6.28. The predicted molar refractivity (Wildman–Crippen MR) is 247 cm³/mol. The summed E-state index contributed by atoms with van der Waals surface area (Å²) in [5, 5.41) is 14.6. The highest BCUT2D eigenvalue weighted by Gasteiger charge is 2.31. The molecule has 2 nitrogen and oxygen atoms in total. The molecule has 1 aliphatic rings. The number of para-hydroxylation sites is 1. The Hall–Kier alpha value is -7.99. The van der Waals surface area contributed by atoms with E-state index in [9.17, 15) is 5.26 Å². The first-order valence-electron chi connectivity index (χ1n) is 20.1. The molecule has 0 spiro atoms. The van der Waals surface area contributed by atoms with E-state index < -0.39 is 0 Å². The van der Waals surface area contributed by atoms with E-state index in [1.54, 1.807) is 0 Å². The van der Waals surface area contributed by atoms with Gasteiger partial charge in [-0.05, 0) is 137 Å². The number of rotatable bonds is 7. The van der Waals surface area contributed by atoms with Crippen LogP contribution in [0.3, 0.4) is 0 Å². The lowest BCUT2D eigenvalue weighted by molar-refractivity contribution is 1.28. The Morgan fingerprint density at radius 2 is 0.763 bits per heavy atom. The molecule has 0 aliphatic heterocycles. The van der Waals surface area contributed by atoms with Crippen LogP contribution < -0.4 is 4.90 Å². The maximum absolute atomic E-state index is 9.46. The molecule has 59 heavy (non-hydrogen) atoms. The summed E-state index contributed by atoms with van der Waals surface area (Å²) in [7, 11) is 0. The molecule has 10 aromatic carbocycles. The van der Waals surface area contributed by atoms with E-state index in [1.807, 2.05) is 18.2 Å². The Labute approximate surface area is 344 Å². The van der Waals surface area contributed by atoms with Gasteiger partial charge in [0.15, 0.2) is 0 Å². The maximum Gasteiger partial charge on any atom is 0.0991 e. The van der Waals surface area contributed by atoms with E-state index in [1.165, 1.54) is 77.2 Å². The van der Waals surface area contributed by atoms with E-state index in [4.69, 9.17) is 0 Å². The minimum absolute atomic E-state index is 0.657. The number of hydrogen-bond donors (Lipinski definition) is 0. The highest BCUT2D eigenvalue weighted by Crippen LogP contribution is 2.58. The summed E-state index contributed by atoms with van der Waals surface area (Å²) in [4.78, 5) is 2.30. The largest absolute Gasteiger partial charge is 0.311 e. The first-order chi connectivity index (χ1) is 29.2. The number of benzene rings is 10. The van der Waals surface area contributed by atoms with E-state index in [2.05, 4.69) is 211 Å². The van der Waals surface area contributed by atoms with E-state index in [-0.39, 0.29) is 0 Å². The third-order valence-electron chi connectivity index (χ3n) is 11.8. The van der Waals surface area contributed by atoms with Crippen molar-refractivity contribution in [3.8, 4) is 72.8 Å². The average molecular weight is 749 g/mol. The molecule has 10 aromatic rings. The lowest BCUT2D eigenvalue weighted by atomic mass is 9.82. The van der Waals surface area contributed by atoms with Crippen molar-refractivity contribution in [2.75, 3.05) is 4.90 Å². The second-order valence-corrected chi connectivity index (χ2v) is 15.1. The van der Waals surface area contributed by atoms with Gasteiger partial charge in [0.1, 0.15) is 0 Å². The molecule has 0 saturated carbocycles. The summed E-state index contributed by atoms with van der Waals surface area (Å²) in [5.74, 6) is 0. The van der Waals surface area contributed by atoms with Gasteiger partial charge in [0, 0.05) is 17.1 Å². The number of nitrogens with zero attached hydrogens (tertiary/aromatic N) is 2. The fourth-order valence-electron chi connectivity index (χ4n) is 9.25. The van der Waals surface area contributed by atoms with Crippen molar-refractivity contribution in [1.82, 2.24) is 0 Å². The number of hydrogen-bond acceptors (Lipinski definition) is 2. The van der Waals surface area contributed by atoms with Gasteiger partial charge in [-0.1, -0.05) is 170 Å². The Morgan fingerprint density at radius 1 is 0.305 bits per heavy atom. The zero-order valence-corrected chi connectivity index (χ0v) is 32.2. The molecule has 0 unspecified atom stereocenters. The Balaban J connectivity index is 1.05. The predicted octanol–water partition coefficient (Wildman–Crippen LogP) is 15.6. The van der Waals surface area contributed by atoms with Crippen molar-refractivity contribution in [1.29, 1.82) is 5.26 Å². The number of anilines is 3. The summed E-state index contributed by atoms with van der Waals surface area (Å²) >= 11 is 0. The van der Waals surface area contributed by atoms with Crippen LogP contribution in [-0.4, -0.2) is 0 Å². The molecule has 0 aromatic heterocycles. The van der Waals surface area contributed by atoms with Crippen LogP contribution >= 0.6 is 0 Å². The first kappa shape index (κ1) is 34.3. The smallest absolute Gasteiger partial charge is 0.0991 e. The quantitative estimate of drug-likeness (QED) is 0.162. The zero-order chi connectivity index (χ0) is 39.3. The monoisotopic (exact) mass is 748 g/mol. The van der Waals surface area contributed by atoms with Crippen LogP contribution in [0.25, 0.3) is 88.3 Å². The minimum Gasteiger partial charge on any atom is -0.311 e. The molecule has 274 valence electrons. The summed E-state index contributed by atoms with van der Waals surface area (Å²) in [6, 6.07) is 80.4. The third-order valence-corrected chi connectivity index (χ3v) is 11.8. The Kier molecular flexibility index (Phi) is 8.24. The molecule has 2 heteroatoms. The van der Waals surface area contributed by atoms with Crippen LogP contribution in [0, 0.1) is 11.3 Å². The van der Waals surface area contributed by atoms with E-state index in [0.29, 0.717) is 5.56 Å². The zero-order valence-electron chi connectivity index (χ0n) is 32.2. The fourth-order valence-corrected chi connectivity index (χ4v) is 9.25. The molecule has 0 radical (unpaired) electrons. The van der Waals surface area contributed by atoms with Gasteiger partial charge in [0.2, 0.25) is 0 Å². The molecule has 0 N–H and O–H groups in total. The number of nitriles is 1. The highest BCUT2D eigenvalue weighted by atomic mass is 15.1. The van der Waals surface area contributed by atoms with Gasteiger partial charge < -0.3 is 4.90 Å². The van der Waals surface area contributed by atoms with Gasteiger partial charge in [-0.2, -0.15) is 5.26 Å². The maximum atomic E-state index is 9.46. The fraction of sp³-hybridized carbons (Fsp3) is 0. The SMILES string of the molecule is N#Cc1cccc(-c2ccc(N(c3ccccc3)c3ccc(-c4ccc5c6c(cccc46)-c4c-5c(-c5ccccc5)c5ccccc5c4-c4ccccc4)cc3)cc2)c1. The molecule has 0 fully saturated rings. The lowest BCUT2D eigenvalue weighted by Gasteiger charge is -2.26. The first-order valence-corrected chi connectivity index (χ1v) is 20.1. The molecule has 11 rings (SSSR count). The van der Waals surface area contributed by atoms with Gasteiger partial charge >= 0.3 is 0 Å². The Bertz CT molecular complexity index is 3140. The second-order valence-electron chi connectivity index (χ2n) is 15.1. The van der Waals surface area contributed by atoms with Crippen molar-refractivity contribution < 1.29 is 0 Å². The molecule has 0 heterocycles. The van der Waals surface area contributed by atoms with Gasteiger partial charge in [-0.3, -0.25) is 0 Å². The van der Waals surface area contributed by atoms with Crippen molar-refractivity contribution in [3.63, 3.8) is 0 Å². The Morgan fingerprint density at radius 3 is 1.36 bits per heavy atom. The van der Waals surface area contributed by atoms with Gasteiger partial charge in [-0.25, -0.2) is 0 Å². The summed E-state index contributed by atoms with van der Waals surface area (Å²) in [6.45, 7) is 0. The summed E-state index contributed by atoms with van der Waals surface area (Å²) < 4.78 is 0. The van der Waals surface area contributed by atoms with Crippen molar-refractivity contribution in [2.24, 2.45) is 0 Å². The van der Waals surface area contributed by atoms with Crippen LogP contribution in [0.2, 0.25) is 0 Å². The molecule has 0 atom stereocenters. The van der Waals surface area contributed by atoms with Crippen molar-refractivity contribution in [3.05, 3.63) is 224 Å². The van der Waals surface area contributed by atoms with Crippen LogP contribution in [0.4, 0.5) is 17.1 Å². The lowest BCUT2D eigenvalue weighted by Crippen LogP contribution is -2.09. The van der Waals surface area contributed by atoms with Gasteiger partial charge in [0.05, 0.1) is 11.6 Å². The molecule has 0 saturated heterocycles. The molecular formula is C57H36N2. The molecule has 1 aliphatic carbocycles. The third kappa shape index (κ3) is 5.72. The summed E-state index contributed by atoms with van der Waals surface area (Å²) in [5.41, 5.74) is 18.6. The van der Waals surface area contributed by atoms with Crippen molar-refractivity contribution in [2.45, 2.75) is 0 Å². The van der Waals surface area contributed by atoms with Gasteiger partial charge in [-0.15, -0.1) is 0 Å². The standard InChI is InChI=1S/C57H36N2/c58-37-38-14-12-19-43(36-38)39-26-30-45(31-27-39)59(44-20-8-3-9-21-44)46-32-28-40(29-33-46)47-34-35-52-55-48(47)24-13-25-51(55)56-53(41-15-4-1-5-16-41)49-22-10-11-23-50(49)54(57(52)56)42-17-6-2-7-18-42/h1-36H. The van der Waals surface area contributed by atoms with E-state index in [0.717, 1.165) is 28.2 Å². The van der Waals surface area contributed by atoms with Gasteiger partial charge in [0.25, 0.3) is 0 Å². The van der Waals surface area contributed by atoms with Crippen LogP contribution in [-0.2, 0) is 0 Å². The summed E-state index contributed by atoms with van der Waals surface area (Å²) in [6.07, 6.45) is 0. The minimum atomic E-state index is 0.657. The molecular weight excluding hydrogens is 713 g/mol. The number of fused-ring (bicyclic) bond motifs is 4. The van der Waals surface area contributed by atoms with Crippen molar-refractivity contribution >= 4 is 38.6 Å². The topological polar surface area (TPSA) is 27.0 Å². The average Bonchev–Trinajstić information content (AvgIpc) is 3.64. The van der Waals surface area contributed by atoms with Crippen LogP contribution in [0.15, 0.2) is 218 Å². The van der Waals surface area contributed by atoms with Crippen LogP contribution in [0.1, 0.15) is 5.56 Å². The normalized spacial score (nSPS) is 11.4. The molecule has 0 amide bonds. The molecule has 0 bridgehead atoms.